The number of hydrogen-bond acceptors (Lipinski definition) is 5. The van der Waals surface area contributed by atoms with Crippen molar-refractivity contribution in [1.82, 2.24) is 0 Å². The van der Waals surface area contributed by atoms with Crippen molar-refractivity contribution < 1.29 is 9.47 Å². The summed E-state index contributed by atoms with van der Waals surface area (Å²) < 4.78 is 10.0. The van der Waals surface area contributed by atoms with E-state index in [2.05, 4.69) is 0 Å². The third kappa shape index (κ3) is 1.40. The fourth-order valence-electron chi connectivity index (χ4n) is 1.11. The van der Waals surface area contributed by atoms with Gasteiger partial charge in [0, 0.05) is 0 Å². The molecule has 0 aliphatic heterocycles. The van der Waals surface area contributed by atoms with Crippen molar-refractivity contribution in [2.75, 3.05) is 31.4 Å². The molecule has 72 valence electrons. The topological polar surface area (TPSA) is 96.5 Å². The summed E-state index contributed by atoms with van der Waals surface area (Å²) in [6, 6.07) is 1.54. The molecule has 0 spiro atoms. The lowest BCUT2D eigenvalue weighted by molar-refractivity contribution is 0.358. The molecule has 5 nitrogen and oxygen atoms in total. The van der Waals surface area contributed by atoms with Gasteiger partial charge in [-0.2, -0.15) is 0 Å². The van der Waals surface area contributed by atoms with Gasteiger partial charge in [0.15, 0.2) is 11.5 Å². The zero-order valence-electron chi connectivity index (χ0n) is 7.63. The second kappa shape index (κ2) is 3.30. The monoisotopic (exact) mass is 183 g/mol. The van der Waals surface area contributed by atoms with E-state index < -0.39 is 0 Å². The van der Waals surface area contributed by atoms with E-state index in [-0.39, 0.29) is 0 Å². The van der Waals surface area contributed by atoms with Crippen LogP contribution in [0, 0.1) is 0 Å². The van der Waals surface area contributed by atoms with E-state index in [4.69, 9.17) is 26.7 Å². The lowest BCUT2D eigenvalue weighted by Crippen LogP contribution is -2.03. The molecule has 0 unspecified atom stereocenters. The Bertz CT molecular complexity index is 326. The second-order valence-corrected chi connectivity index (χ2v) is 2.54. The predicted molar refractivity (Wildman–Crippen MR) is 52.8 cm³/mol. The van der Waals surface area contributed by atoms with Crippen molar-refractivity contribution in [2.24, 2.45) is 0 Å². The smallest absolute Gasteiger partial charge is 0.188 e. The number of methoxy groups -OCH3 is 2. The van der Waals surface area contributed by atoms with Crippen LogP contribution in [0.25, 0.3) is 0 Å². The lowest BCUT2D eigenvalue weighted by Gasteiger charge is -2.13. The van der Waals surface area contributed by atoms with Gasteiger partial charge in [-0.3, -0.25) is 0 Å². The summed E-state index contributed by atoms with van der Waals surface area (Å²) in [6.45, 7) is 0. The summed E-state index contributed by atoms with van der Waals surface area (Å²) >= 11 is 0. The Morgan fingerprint density at radius 2 is 1.46 bits per heavy atom. The minimum absolute atomic E-state index is 0.341. The van der Waals surface area contributed by atoms with E-state index >= 15 is 0 Å². The molecule has 0 heterocycles. The molecule has 0 aromatic heterocycles. The van der Waals surface area contributed by atoms with Gasteiger partial charge in [0.1, 0.15) is 5.69 Å². The quantitative estimate of drug-likeness (QED) is 0.578. The summed E-state index contributed by atoms with van der Waals surface area (Å²) in [5.41, 5.74) is 18.0. The maximum Gasteiger partial charge on any atom is 0.188 e. The Hall–Kier alpha value is -1.78. The highest BCUT2D eigenvalue weighted by atomic mass is 16.5. The summed E-state index contributed by atoms with van der Waals surface area (Å²) in [4.78, 5) is 0. The molecule has 6 N–H and O–H groups in total. The maximum absolute atomic E-state index is 5.65. The highest BCUT2D eigenvalue weighted by Gasteiger charge is 2.14. The standard InChI is InChI=1S/C8H13N3O2/c1-12-7-5(10)3-4(9)6(11)8(7)13-2/h3H,9-11H2,1-2H3. The summed E-state index contributed by atoms with van der Waals surface area (Å²) in [6.07, 6.45) is 0. The van der Waals surface area contributed by atoms with Crippen molar-refractivity contribution in [3.05, 3.63) is 6.07 Å². The molecule has 0 aliphatic rings. The van der Waals surface area contributed by atoms with Crippen LogP contribution in [0.3, 0.4) is 0 Å². The van der Waals surface area contributed by atoms with Crippen LogP contribution in [0.4, 0.5) is 17.1 Å². The van der Waals surface area contributed by atoms with Crippen molar-refractivity contribution in [3.8, 4) is 11.5 Å². The van der Waals surface area contributed by atoms with E-state index in [1.165, 1.54) is 20.3 Å². The molecular formula is C8H13N3O2. The zero-order valence-corrected chi connectivity index (χ0v) is 7.63. The van der Waals surface area contributed by atoms with Gasteiger partial charge < -0.3 is 26.7 Å². The van der Waals surface area contributed by atoms with Crippen LogP contribution >= 0.6 is 0 Å². The van der Waals surface area contributed by atoms with Crippen LogP contribution in [-0.2, 0) is 0 Å². The third-order valence-corrected chi connectivity index (χ3v) is 1.74. The average Bonchev–Trinajstić information content (AvgIpc) is 2.10. The van der Waals surface area contributed by atoms with Crippen LogP contribution in [0.2, 0.25) is 0 Å². The number of nitrogen functional groups attached to an aromatic ring is 3. The van der Waals surface area contributed by atoms with Gasteiger partial charge in [-0.1, -0.05) is 0 Å². The van der Waals surface area contributed by atoms with E-state index in [0.717, 1.165) is 0 Å². The molecule has 0 bridgehead atoms. The van der Waals surface area contributed by atoms with E-state index in [0.29, 0.717) is 28.6 Å². The molecule has 1 aromatic carbocycles. The molecule has 5 heteroatoms. The normalized spacial score (nSPS) is 9.69. The Kier molecular flexibility index (Phi) is 2.36. The molecule has 0 aliphatic carbocycles. The average molecular weight is 183 g/mol. The first kappa shape index (κ1) is 9.31. The number of ether oxygens (including phenoxy) is 2. The molecule has 0 saturated heterocycles. The van der Waals surface area contributed by atoms with E-state index in [9.17, 15) is 0 Å². The Labute approximate surface area is 76.4 Å². The van der Waals surface area contributed by atoms with Crippen molar-refractivity contribution in [2.45, 2.75) is 0 Å². The number of anilines is 3. The van der Waals surface area contributed by atoms with Crippen LogP contribution < -0.4 is 26.7 Å². The Morgan fingerprint density at radius 1 is 0.923 bits per heavy atom. The minimum atomic E-state index is 0.341. The highest BCUT2D eigenvalue weighted by molar-refractivity contribution is 5.82. The molecule has 0 saturated carbocycles. The molecule has 0 radical (unpaired) electrons. The summed E-state index contributed by atoms with van der Waals surface area (Å²) in [7, 11) is 2.97. The molecule has 13 heavy (non-hydrogen) atoms. The number of nitrogens with two attached hydrogens (primary N) is 3. The summed E-state index contributed by atoms with van der Waals surface area (Å²) in [5, 5.41) is 0. The first-order chi connectivity index (χ1) is 6.11. The molecule has 0 amide bonds. The highest BCUT2D eigenvalue weighted by Crippen LogP contribution is 2.41. The van der Waals surface area contributed by atoms with Crippen LogP contribution in [-0.4, -0.2) is 14.2 Å². The fraction of sp³-hybridized carbons (Fsp3) is 0.250. The van der Waals surface area contributed by atoms with Crippen LogP contribution in [0.1, 0.15) is 0 Å². The van der Waals surface area contributed by atoms with E-state index in [1.807, 2.05) is 0 Å². The predicted octanol–water partition coefficient (Wildman–Crippen LogP) is 0.450. The van der Waals surface area contributed by atoms with Crippen LogP contribution in [0.5, 0.6) is 11.5 Å². The van der Waals surface area contributed by atoms with Gasteiger partial charge in [-0.15, -0.1) is 0 Å². The first-order valence-electron chi connectivity index (χ1n) is 3.67. The van der Waals surface area contributed by atoms with Gasteiger partial charge in [0.25, 0.3) is 0 Å². The van der Waals surface area contributed by atoms with Crippen molar-refractivity contribution in [3.63, 3.8) is 0 Å². The van der Waals surface area contributed by atoms with Crippen LogP contribution in [0.15, 0.2) is 6.07 Å². The van der Waals surface area contributed by atoms with E-state index in [1.54, 1.807) is 0 Å². The Morgan fingerprint density at radius 3 is 1.92 bits per heavy atom. The summed E-state index contributed by atoms with van der Waals surface area (Å²) in [5.74, 6) is 0.786. The van der Waals surface area contributed by atoms with Crippen molar-refractivity contribution in [1.29, 1.82) is 0 Å². The third-order valence-electron chi connectivity index (χ3n) is 1.74. The number of benzene rings is 1. The molecule has 0 atom stereocenters. The fourth-order valence-corrected chi connectivity index (χ4v) is 1.11. The first-order valence-corrected chi connectivity index (χ1v) is 3.67. The zero-order chi connectivity index (χ0) is 10.0. The maximum atomic E-state index is 5.65. The van der Waals surface area contributed by atoms with Gasteiger partial charge in [0.05, 0.1) is 25.6 Å². The van der Waals surface area contributed by atoms with Gasteiger partial charge in [-0.05, 0) is 6.07 Å². The van der Waals surface area contributed by atoms with Gasteiger partial charge in [-0.25, -0.2) is 0 Å². The Balaban J connectivity index is 3.41. The molecule has 1 rings (SSSR count). The van der Waals surface area contributed by atoms with Gasteiger partial charge >= 0.3 is 0 Å². The number of rotatable bonds is 2. The molecule has 1 aromatic rings. The lowest BCUT2D eigenvalue weighted by atomic mass is 10.2. The number of hydrogen-bond donors (Lipinski definition) is 3. The van der Waals surface area contributed by atoms with Crippen molar-refractivity contribution >= 4 is 17.1 Å². The minimum Gasteiger partial charge on any atom is -0.491 e. The largest absolute Gasteiger partial charge is 0.491 e. The van der Waals surface area contributed by atoms with Gasteiger partial charge in [0.2, 0.25) is 0 Å². The molecular weight excluding hydrogens is 170 g/mol. The SMILES string of the molecule is COc1c(N)cc(N)c(N)c1OC. The molecule has 0 fully saturated rings. The second-order valence-electron chi connectivity index (χ2n) is 2.54.